The zero-order chi connectivity index (χ0) is 19.1. The van der Waals surface area contributed by atoms with Crippen LogP contribution < -0.4 is 16.4 Å². The molecule has 0 unspecified atom stereocenters. The molecule has 11 nitrogen and oxygen atoms in total. The molecule has 0 saturated heterocycles. The van der Waals surface area contributed by atoms with Crippen LogP contribution in [-0.4, -0.2) is 34.3 Å². The highest BCUT2D eigenvalue weighted by atomic mass is 32.1. The van der Waals surface area contributed by atoms with Crippen molar-refractivity contribution in [3.63, 3.8) is 0 Å². The first kappa shape index (κ1) is 19.2. The maximum atomic E-state index is 11.9. The minimum atomic E-state index is -0.765. The minimum absolute atomic E-state index is 0.0592. The summed E-state index contributed by atoms with van der Waals surface area (Å²) in [6.45, 7) is 0.333. The van der Waals surface area contributed by atoms with Gasteiger partial charge in [-0.05, 0) is 29.9 Å². The number of anilines is 1. The Bertz CT molecular complexity index is 800. The van der Waals surface area contributed by atoms with E-state index in [2.05, 4.69) is 20.2 Å². The van der Waals surface area contributed by atoms with Crippen molar-refractivity contribution in [3.8, 4) is 0 Å². The summed E-state index contributed by atoms with van der Waals surface area (Å²) in [7, 11) is 0. The van der Waals surface area contributed by atoms with Gasteiger partial charge in [-0.15, -0.1) is 0 Å². The quantitative estimate of drug-likeness (QED) is 0.269. The van der Waals surface area contributed by atoms with Crippen molar-refractivity contribution in [2.45, 2.75) is 19.3 Å². The van der Waals surface area contributed by atoms with Gasteiger partial charge in [-0.25, -0.2) is 4.79 Å². The lowest BCUT2D eigenvalue weighted by atomic mass is 9.97. The Morgan fingerprint density at radius 1 is 1.38 bits per heavy atom. The number of carbonyl (C=O) groups excluding carboxylic acids is 2. The normalized spacial score (nSPS) is 13.4. The monoisotopic (exact) mass is 380 g/mol. The summed E-state index contributed by atoms with van der Waals surface area (Å²) >= 11 is 0.891. The Hall–Kier alpha value is -3.15. The first-order valence-corrected chi connectivity index (χ1v) is 8.39. The number of hydrogen-bond donors (Lipinski definition) is 3. The van der Waals surface area contributed by atoms with Crippen molar-refractivity contribution in [3.05, 3.63) is 44.1 Å². The van der Waals surface area contributed by atoms with E-state index in [1.165, 1.54) is 12.2 Å². The van der Waals surface area contributed by atoms with E-state index in [4.69, 9.17) is 5.73 Å². The predicted octanol–water partition coefficient (Wildman–Crippen LogP) is 1.86. The number of amides is 3. The van der Waals surface area contributed by atoms with E-state index < -0.39 is 16.9 Å². The number of nitrogens with zero attached hydrogens (tertiary/aromatic N) is 3. The van der Waals surface area contributed by atoms with Crippen LogP contribution in [0.4, 0.5) is 9.80 Å². The van der Waals surface area contributed by atoms with Crippen molar-refractivity contribution in [1.82, 2.24) is 9.69 Å². The third-order valence-electron chi connectivity index (χ3n) is 3.54. The lowest BCUT2D eigenvalue weighted by Crippen LogP contribution is -2.30. The second-order valence-corrected chi connectivity index (χ2v) is 6.07. The number of nitroso groups, excluding NO2 is 1. The van der Waals surface area contributed by atoms with Gasteiger partial charge in [0.05, 0.1) is 17.2 Å². The number of carbonyl (C=O) groups is 2. The summed E-state index contributed by atoms with van der Waals surface area (Å²) in [5.74, 6) is -0.765. The summed E-state index contributed by atoms with van der Waals surface area (Å²) in [5.41, 5.74) is 6.49. The van der Waals surface area contributed by atoms with Crippen molar-refractivity contribution in [2.75, 3.05) is 18.4 Å². The maximum absolute atomic E-state index is 11.9. The second-order valence-electron chi connectivity index (χ2n) is 5.29. The molecule has 26 heavy (non-hydrogen) atoms. The molecule has 1 aromatic rings. The van der Waals surface area contributed by atoms with Crippen LogP contribution in [0.25, 0.3) is 5.57 Å². The number of primary amides is 1. The number of allylic oxidation sites excluding steroid dienone is 4. The lowest BCUT2D eigenvalue weighted by Gasteiger charge is -2.10. The molecule has 0 radical (unpaired) electrons. The molecule has 12 heteroatoms. The van der Waals surface area contributed by atoms with Gasteiger partial charge in [-0.1, -0.05) is 11.3 Å². The number of rotatable bonds is 8. The molecule has 1 aliphatic carbocycles. The molecule has 0 fully saturated rings. The molecule has 0 bridgehead atoms. The van der Waals surface area contributed by atoms with Crippen molar-refractivity contribution in [2.24, 2.45) is 10.9 Å². The summed E-state index contributed by atoms with van der Waals surface area (Å²) in [5, 5.41) is 18.7. The molecule has 1 heterocycles. The number of aromatic nitrogens is 1. The van der Waals surface area contributed by atoms with Crippen LogP contribution in [0.5, 0.6) is 0 Å². The van der Waals surface area contributed by atoms with Gasteiger partial charge in [-0.3, -0.25) is 20.2 Å². The van der Waals surface area contributed by atoms with Gasteiger partial charge in [0.15, 0.2) is 0 Å². The summed E-state index contributed by atoms with van der Waals surface area (Å²) in [4.78, 5) is 44.0. The standard InChI is InChI=1S/C14H16N6O5S/c15-12(21)10-11(8-2-4-9(5-3-8)20(24)25)19-26-13(10)18-14(22)16-6-1-7-17-23/h2,4H,1,3,5-7H2,(H2,15,21)(H2,16,18,22). The lowest BCUT2D eigenvalue weighted by molar-refractivity contribution is -0.427. The molecule has 2 rings (SSSR count). The van der Waals surface area contributed by atoms with E-state index in [-0.39, 0.29) is 35.8 Å². The molecule has 3 amide bonds. The number of hydrogen-bond acceptors (Lipinski definition) is 8. The molecule has 0 aliphatic heterocycles. The summed E-state index contributed by atoms with van der Waals surface area (Å²) < 4.78 is 4.17. The average molecular weight is 380 g/mol. The second kappa shape index (κ2) is 8.80. The number of nitro groups is 1. The Morgan fingerprint density at radius 3 is 2.73 bits per heavy atom. The maximum Gasteiger partial charge on any atom is 0.319 e. The third-order valence-corrected chi connectivity index (χ3v) is 4.31. The van der Waals surface area contributed by atoms with Gasteiger partial charge in [0.2, 0.25) is 5.70 Å². The highest BCUT2D eigenvalue weighted by Crippen LogP contribution is 2.34. The average Bonchev–Trinajstić information content (AvgIpc) is 3.02. The molecule has 138 valence electrons. The van der Waals surface area contributed by atoms with Crippen LogP contribution in [0.3, 0.4) is 0 Å². The van der Waals surface area contributed by atoms with E-state index in [1.807, 2.05) is 0 Å². The summed E-state index contributed by atoms with van der Waals surface area (Å²) in [6, 6.07) is -0.568. The minimum Gasteiger partial charge on any atom is -0.365 e. The molecular weight excluding hydrogens is 364 g/mol. The highest BCUT2D eigenvalue weighted by Gasteiger charge is 2.25. The fraction of sp³-hybridized carbons (Fsp3) is 0.357. The van der Waals surface area contributed by atoms with Crippen LogP contribution in [-0.2, 0) is 0 Å². The van der Waals surface area contributed by atoms with Crippen molar-refractivity contribution < 1.29 is 14.5 Å². The van der Waals surface area contributed by atoms with Crippen LogP contribution in [0.15, 0.2) is 23.0 Å². The van der Waals surface area contributed by atoms with Crippen LogP contribution in [0.1, 0.15) is 35.3 Å². The molecule has 4 N–H and O–H groups in total. The molecule has 0 atom stereocenters. The molecule has 1 aliphatic rings. The van der Waals surface area contributed by atoms with Gasteiger partial charge < -0.3 is 11.1 Å². The van der Waals surface area contributed by atoms with Gasteiger partial charge in [0.25, 0.3) is 5.91 Å². The van der Waals surface area contributed by atoms with Gasteiger partial charge in [0.1, 0.15) is 10.6 Å². The first-order chi connectivity index (χ1) is 12.4. The molecular formula is C14H16N6O5S. The predicted molar refractivity (Wildman–Crippen MR) is 95.2 cm³/mol. The van der Waals surface area contributed by atoms with E-state index in [0.29, 0.717) is 24.1 Å². The molecule has 0 aromatic carbocycles. The Labute approximate surface area is 151 Å². The Morgan fingerprint density at radius 2 is 2.15 bits per heavy atom. The van der Waals surface area contributed by atoms with Crippen LogP contribution in [0, 0.1) is 15.0 Å². The topological polar surface area (TPSA) is 170 Å². The first-order valence-electron chi connectivity index (χ1n) is 7.62. The van der Waals surface area contributed by atoms with Gasteiger partial charge in [0, 0.05) is 19.0 Å². The van der Waals surface area contributed by atoms with Crippen molar-refractivity contribution >= 4 is 34.0 Å². The molecule has 0 saturated carbocycles. The van der Waals surface area contributed by atoms with E-state index in [1.54, 1.807) is 0 Å². The number of urea groups is 1. The molecule has 0 spiro atoms. The van der Waals surface area contributed by atoms with E-state index >= 15 is 0 Å². The van der Waals surface area contributed by atoms with Crippen LogP contribution >= 0.6 is 11.5 Å². The van der Waals surface area contributed by atoms with Gasteiger partial charge in [-0.2, -0.15) is 9.28 Å². The van der Waals surface area contributed by atoms with Crippen molar-refractivity contribution in [1.29, 1.82) is 0 Å². The van der Waals surface area contributed by atoms with E-state index in [0.717, 1.165) is 11.5 Å². The number of nitrogens with one attached hydrogen (secondary N) is 2. The Kier molecular flexibility index (Phi) is 6.49. The SMILES string of the molecule is NC(=O)c1c(C2=CC=C([N+](=O)[O-])CC2)nsc1NC(=O)NCCCN=O. The Balaban J connectivity index is 2.16. The number of nitrogens with two attached hydrogens (primary N) is 1. The fourth-order valence-electron chi connectivity index (χ4n) is 2.29. The summed E-state index contributed by atoms with van der Waals surface area (Å²) in [6.07, 6.45) is 3.83. The largest absolute Gasteiger partial charge is 0.365 e. The zero-order valence-electron chi connectivity index (χ0n) is 13.6. The van der Waals surface area contributed by atoms with Gasteiger partial charge >= 0.3 is 6.03 Å². The highest BCUT2D eigenvalue weighted by molar-refractivity contribution is 7.11. The zero-order valence-corrected chi connectivity index (χ0v) is 14.4. The fourth-order valence-corrected chi connectivity index (χ4v) is 3.11. The third kappa shape index (κ3) is 4.69. The van der Waals surface area contributed by atoms with E-state index in [9.17, 15) is 24.6 Å². The van der Waals surface area contributed by atoms with Crippen LogP contribution in [0.2, 0.25) is 0 Å². The smallest absolute Gasteiger partial charge is 0.319 e. The molecule has 1 aromatic heterocycles.